The van der Waals surface area contributed by atoms with Crippen molar-refractivity contribution in [1.82, 2.24) is 30.5 Å². The zero-order valence-corrected chi connectivity index (χ0v) is 28.9. The van der Waals surface area contributed by atoms with E-state index in [-0.39, 0.29) is 62.6 Å². The van der Waals surface area contributed by atoms with Crippen molar-refractivity contribution in [2.24, 2.45) is 0 Å². The van der Waals surface area contributed by atoms with Gasteiger partial charge in [-0.1, -0.05) is 72.3 Å². The van der Waals surface area contributed by atoms with E-state index in [1.807, 2.05) is 42.5 Å². The monoisotopic (exact) mass is 690 g/mol. The molecule has 0 unspecified atom stereocenters. The lowest BCUT2D eigenvalue weighted by Crippen LogP contribution is -2.76. The molecule has 3 aromatic carbocycles. The van der Waals surface area contributed by atoms with Crippen molar-refractivity contribution in [2.45, 2.75) is 63.8 Å². The summed E-state index contributed by atoms with van der Waals surface area (Å²) in [6.07, 6.45) is 8.76. The first-order valence-corrected chi connectivity index (χ1v) is 17.7. The van der Waals surface area contributed by atoms with E-state index in [9.17, 15) is 24.3 Å². The number of hydrogen-bond donors (Lipinski definition) is 3. The van der Waals surface area contributed by atoms with Gasteiger partial charge in [-0.15, -0.1) is 6.58 Å². The van der Waals surface area contributed by atoms with Crippen LogP contribution in [0.15, 0.2) is 103 Å². The molecule has 3 aromatic rings. The summed E-state index contributed by atoms with van der Waals surface area (Å²) in [5, 5.41) is 19.1. The predicted molar refractivity (Wildman–Crippen MR) is 194 cm³/mol. The first kappa shape index (κ1) is 35.4. The SMILES string of the molecule is C=CCN1CC(=O)N2[C@@H](Cc3ccc(O)cc3)C(=O)N(Cc3cccc(C(=O)NCCC4=CCCCC4)c3)C[C@@H]2N1C(=O)NCc1ccccc1. The minimum atomic E-state index is -0.906. The lowest BCUT2D eigenvalue weighted by atomic mass is 9.97. The number of piperazine rings is 1. The second-order valence-electron chi connectivity index (χ2n) is 13.3. The Bertz CT molecular complexity index is 1760. The highest BCUT2D eigenvalue weighted by atomic mass is 16.3. The van der Waals surface area contributed by atoms with Gasteiger partial charge in [0, 0.05) is 38.2 Å². The molecule has 1 aliphatic carbocycles. The summed E-state index contributed by atoms with van der Waals surface area (Å²) in [6.45, 7) is 5.09. The van der Waals surface area contributed by atoms with Crippen molar-refractivity contribution in [3.8, 4) is 5.75 Å². The number of fused-ring (bicyclic) bond motifs is 1. The number of nitrogens with zero attached hydrogens (tertiary/aromatic N) is 4. The van der Waals surface area contributed by atoms with Gasteiger partial charge in [0.05, 0.1) is 13.1 Å². The average Bonchev–Trinajstić information content (AvgIpc) is 3.14. The number of benzene rings is 3. The van der Waals surface area contributed by atoms with Crippen molar-refractivity contribution >= 4 is 23.8 Å². The summed E-state index contributed by atoms with van der Waals surface area (Å²) >= 11 is 0. The standard InChI is InChI=1S/C40H46N6O5/c1-2-22-44-28-37(48)45-35(24-30-16-18-34(47)19-17-30)39(50)43(27-36(45)46(44)40(51)42-25-31-12-7-4-8-13-31)26-32-14-9-15-33(23-32)38(49)41-21-20-29-10-5-3-6-11-29/h2,4,7-10,12-19,23,35-36,47H,1,3,5-6,11,20-22,24-28H2,(H,41,49)(H,42,51)/t35-,36-/m0/s1. The van der Waals surface area contributed by atoms with E-state index < -0.39 is 18.2 Å². The first-order chi connectivity index (χ1) is 24.8. The highest BCUT2D eigenvalue weighted by molar-refractivity contribution is 5.94. The third kappa shape index (κ3) is 8.67. The van der Waals surface area contributed by atoms with Gasteiger partial charge in [0.2, 0.25) is 11.8 Å². The van der Waals surface area contributed by atoms with Crippen LogP contribution in [0, 0.1) is 0 Å². The van der Waals surface area contributed by atoms with Crippen LogP contribution in [0.1, 0.15) is 59.2 Å². The Morgan fingerprint density at radius 1 is 0.922 bits per heavy atom. The maximum atomic E-state index is 14.4. The Hall–Kier alpha value is -5.42. The molecule has 0 spiro atoms. The Labute approximate surface area is 299 Å². The van der Waals surface area contributed by atoms with Crippen LogP contribution < -0.4 is 10.6 Å². The largest absolute Gasteiger partial charge is 0.508 e. The van der Waals surface area contributed by atoms with Crippen LogP contribution in [0.5, 0.6) is 5.75 Å². The number of aromatic hydroxyl groups is 1. The third-order valence-corrected chi connectivity index (χ3v) is 9.71. The van der Waals surface area contributed by atoms with E-state index in [2.05, 4.69) is 23.3 Å². The number of rotatable bonds is 12. The fraction of sp³-hybridized carbons (Fsp3) is 0.350. The van der Waals surface area contributed by atoms with Crippen molar-refractivity contribution in [3.63, 3.8) is 0 Å². The highest BCUT2D eigenvalue weighted by Crippen LogP contribution is 2.30. The lowest BCUT2D eigenvalue weighted by Gasteiger charge is -2.55. The van der Waals surface area contributed by atoms with Gasteiger partial charge in [0.1, 0.15) is 18.0 Å². The molecular formula is C40H46N6O5. The molecule has 5 amide bonds. The number of carbonyl (C=O) groups is 4. The van der Waals surface area contributed by atoms with Crippen LogP contribution in [-0.2, 0) is 29.1 Å². The Morgan fingerprint density at radius 3 is 2.45 bits per heavy atom. The number of hydrazine groups is 1. The molecule has 3 aliphatic rings. The lowest BCUT2D eigenvalue weighted by molar-refractivity contribution is -0.189. The minimum Gasteiger partial charge on any atom is -0.508 e. The van der Waals surface area contributed by atoms with E-state index >= 15 is 0 Å². The third-order valence-electron chi connectivity index (χ3n) is 9.71. The van der Waals surface area contributed by atoms with Gasteiger partial charge in [-0.2, -0.15) is 0 Å². The maximum Gasteiger partial charge on any atom is 0.334 e. The fourth-order valence-corrected chi connectivity index (χ4v) is 7.16. The van der Waals surface area contributed by atoms with Gasteiger partial charge >= 0.3 is 6.03 Å². The number of allylic oxidation sites excluding steroid dienone is 1. The molecule has 2 aliphatic heterocycles. The molecular weight excluding hydrogens is 644 g/mol. The molecule has 2 saturated heterocycles. The highest BCUT2D eigenvalue weighted by Gasteiger charge is 2.51. The number of hydrogen-bond acceptors (Lipinski definition) is 6. The van der Waals surface area contributed by atoms with Crippen LogP contribution in [-0.4, -0.2) is 87.1 Å². The molecule has 51 heavy (non-hydrogen) atoms. The average molecular weight is 691 g/mol. The summed E-state index contributed by atoms with van der Waals surface area (Å²) < 4.78 is 0. The zero-order valence-electron chi connectivity index (χ0n) is 28.9. The summed E-state index contributed by atoms with van der Waals surface area (Å²) in [7, 11) is 0. The summed E-state index contributed by atoms with van der Waals surface area (Å²) in [4.78, 5) is 58.6. The number of phenols is 1. The first-order valence-electron chi connectivity index (χ1n) is 17.7. The Morgan fingerprint density at radius 2 is 1.71 bits per heavy atom. The Balaban J connectivity index is 1.25. The number of amides is 5. The van der Waals surface area contributed by atoms with Gasteiger partial charge in [0.25, 0.3) is 5.91 Å². The predicted octanol–water partition coefficient (Wildman–Crippen LogP) is 4.75. The van der Waals surface area contributed by atoms with Gasteiger partial charge in [-0.05, 0) is 73.1 Å². The Kier molecular flexibility index (Phi) is 11.5. The van der Waals surface area contributed by atoms with Crippen LogP contribution in [0.4, 0.5) is 4.79 Å². The van der Waals surface area contributed by atoms with Crippen molar-refractivity contribution in [3.05, 3.63) is 125 Å². The number of nitrogens with one attached hydrogen (secondary N) is 2. The zero-order chi connectivity index (χ0) is 35.7. The van der Waals surface area contributed by atoms with Crippen LogP contribution in [0.25, 0.3) is 0 Å². The number of carbonyl (C=O) groups excluding carboxylic acids is 4. The molecule has 0 radical (unpaired) electrons. The topological polar surface area (TPSA) is 126 Å². The molecule has 11 heteroatoms. The molecule has 0 bridgehead atoms. The molecule has 266 valence electrons. The maximum absolute atomic E-state index is 14.4. The van der Waals surface area contributed by atoms with Gasteiger partial charge in [-0.25, -0.2) is 14.8 Å². The second kappa shape index (κ2) is 16.5. The number of urea groups is 1. The van der Waals surface area contributed by atoms with E-state index in [1.165, 1.54) is 18.4 Å². The van der Waals surface area contributed by atoms with Crippen LogP contribution in [0.3, 0.4) is 0 Å². The fourth-order valence-electron chi connectivity index (χ4n) is 7.16. The van der Waals surface area contributed by atoms with Crippen molar-refractivity contribution < 1.29 is 24.3 Å². The van der Waals surface area contributed by atoms with Crippen LogP contribution in [0.2, 0.25) is 0 Å². The molecule has 11 nitrogen and oxygen atoms in total. The van der Waals surface area contributed by atoms with Crippen molar-refractivity contribution in [2.75, 3.05) is 26.2 Å². The molecule has 3 N–H and O–H groups in total. The van der Waals surface area contributed by atoms with Crippen molar-refractivity contribution in [1.29, 1.82) is 0 Å². The van der Waals surface area contributed by atoms with E-state index in [0.29, 0.717) is 12.1 Å². The van der Waals surface area contributed by atoms with E-state index in [1.54, 1.807) is 62.3 Å². The van der Waals surface area contributed by atoms with Crippen LogP contribution >= 0.6 is 0 Å². The molecule has 6 rings (SSSR count). The van der Waals surface area contributed by atoms with E-state index in [4.69, 9.17) is 0 Å². The molecule has 2 fully saturated rings. The second-order valence-corrected chi connectivity index (χ2v) is 13.3. The smallest absolute Gasteiger partial charge is 0.334 e. The number of phenolic OH excluding ortho intramolecular Hbond substituents is 1. The summed E-state index contributed by atoms with van der Waals surface area (Å²) in [6, 6.07) is 22.0. The van der Waals surface area contributed by atoms with Gasteiger partial charge < -0.3 is 25.5 Å². The van der Waals surface area contributed by atoms with Gasteiger partial charge in [0.15, 0.2) is 0 Å². The summed E-state index contributed by atoms with van der Waals surface area (Å²) in [5.41, 5.74) is 4.34. The quantitative estimate of drug-likeness (QED) is 0.236. The minimum absolute atomic E-state index is 0.0641. The molecule has 2 atom stereocenters. The normalized spacial score (nSPS) is 19.3. The molecule has 2 heterocycles. The summed E-state index contributed by atoms with van der Waals surface area (Å²) in [5.74, 6) is -0.606. The van der Waals surface area contributed by atoms with E-state index in [0.717, 1.165) is 36.0 Å². The van der Waals surface area contributed by atoms with Gasteiger partial charge in [-0.3, -0.25) is 14.4 Å². The molecule has 0 saturated carbocycles. The molecule has 0 aromatic heterocycles.